The predicted octanol–water partition coefficient (Wildman–Crippen LogP) is 3.32. The molecule has 25 heavy (non-hydrogen) atoms. The third-order valence-corrected chi connectivity index (χ3v) is 4.68. The largest absolute Gasteiger partial charge is 0.493 e. The number of para-hydroxylation sites is 1. The van der Waals surface area contributed by atoms with Gasteiger partial charge < -0.3 is 15.4 Å². The Morgan fingerprint density at radius 2 is 1.80 bits per heavy atom. The van der Waals surface area contributed by atoms with Crippen LogP contribution < -0.4 is 10.5 Å². The normalized spacial score (nSPS) is 19.4. The molecule has 0 spiro atoms. The average Bonchev–Trinajstić information content (AvgIpc) is 3.07. The minimum atomic E-state index is 0. The van der Waals surface area contributed by atoms with Crippen LogP contribution in [0.3, 0.4) is 0 Å². The lowest BCUT2D eigenvalue weighted by molar-refractivity contribution is 0.0782. The van der Waals surface area contributed by atoms with Crippen LogP contribution in [0.2, 0.25) is 0 Å². The first-order chi connectivity index (χ1) is 11.7. The standard InChI is InChI=1S/C20H24N2O2.ClH/c1-2-24-19-11-7-6-10-17(19)20(23)22-13-16(12-21)18(14-22)15-8-4-3-5-9-15;/h3-11,16,18H,2,12-14,21H2,1H3;1H/t16-,18+;/m1./s1. The Morgan fingerprint density at radius 1 is 1.12 bits per heavy atom. The maximum absolute atomic E-state index is 13.0. The molecule has 0 radical (unpaired) electrons. The molecule has 0 unspecified atom stereocenters. The van der Waals surface area contributed by atoms with Crippen LogP contribution in [0.1, 0.15) is 28.8 Å². The fourth-order valence-corrected chi connectivity index (χ4v) is 3.45. The van der Waals surface area contributed by atoms with E-state index in [2.05, 4.69) is 12.1 Å². The van der Waals surface area contributed by atoms with Gasteiger partial charge in [0.25, 0.3) is 5.91 Å². The molecule has 1 amide bonds. The van der Waals surface area contributed by atoms with Gasteiger partial charge in [0.05, 0.1) is 12.2 Å². The van der Waals surface area contributed by atoms with Crippen LogP contribution in [0, 0.1) is 5.92 Å². The van der Waals surface area contributed by atoms with E-state index in [1.807, 2.05) is 54.3 Å². The van der Waals surface area contributed by atoms with Gasteiger partial charge in [-0.1, -0.05) is 42.5 Å². The number of halogens is 1. The minimum Gasteiger partial charge on any atom is -0.493 e. The van der Waals surface area contributed by atoms with Crippen LogP contribution in [0.15, 0.2) is 54.6 Å². The first-order valence-electron chi connectivity index (χ1n) is 8.50. The smallest absolute Gasteiger partial charge is 0.257 e. The molecule has 134 valence electrons. The van der Waals surface area contributed by atoms with E-state index in [9.17, 15) is 4.79 Å². The molecular formula is C20H25ClN2O2. The van der Waals surface area contributed by atoms with E-state index in [0.29, 0.717) is 43.5 Å². The molecule has 5 heteroatoms. The summed E-state index contributed by atoms with van der Waals surface area (Å²) >= 11 is 0. The van der Waals surface area contributed by atoms with Crippen molar-refractivity contribution in [2.45, 2.75) is 12.8 Å². The van der Waals surface area contributed by atoms with Gasteiger partial charge in [0, 0.05) is 19.0 Å². The zero-order valence-corrected chi connectivity index (χ0v) is 15.2. The number of carbonyl (C=O) groups excluding carboxylic acids is 1. The summed E-state index contributed by atoms with van der Waals surface area (Å²) in [5, 5.41) is 0. The number of likely N-dealkylation sites (tertiary alicyclic amines) is 1. The van der Waals surface area contributed by atoms with Gasteiger partial charge in [-0.15, -0.1) is 12.4 Å². The molecular weight excluding hydrogens is 336 g/mol. The second kappa shape index (κ2) is 8.88. The van der Waals surface area contributed by atoms with Crippen LogP contribution >= 0.6 is 12.4 Å². The summed E-state index contributed by atoms with van der Waals surface area (Å²) in [6, 6.07) is 17.8. The van der Waals surface area contributed by atoms with E-state index in [1.165, 1.54) is 5.56 Å². The number of hydrogen-bond donors (Lipinski definition) is 1. The average molecular weight is 361 g/mol. The highest BCUT2D eigenvalue weighted by Crippen LogP contribution is 2.33. The lowest BCUT2D eigenvalue weighted by atomic mass is 9.89. The lowest BCUT2D eigenvalue weighted by Gasteiger charge is -2.18. The second-order valence-corrected chi connectivity index (χ2v) is 6.15. The molecule has 3 rings (SSSR count). The van der Waals surface area contributed by atoms with Crippen LogP contribution in [-0.4, -0.2) is 37.0 Å². The molecule has 1 aliphatic rings. The van der Waals surface area contributed by atoms with Crippen molar-refractivity contribution in [1.82, 2.24) is 4.90 Å². The van der Waals surface area contributed by atoms with Gasteiger partial charge in [0.15, 0.2) is 0 Å². The van der Waals surface area contributed by atoms with Crippen LogP contribution in [-0.2, 0) is 0 Å². The molecule has 0 saturated carbocycles. The van der Waals surface area contributed by atoms with Gasteiger partial charge in [0.2, 0.25) is 0 Å². The summed E-state index contributed by atoms with van der Waals surface area (Å²) in [6.45, 7) is 4.44. The fourth-order valence-electron chi connectivity index (χ4n) is 3.45. The molecule has 2 N–H and O–H groups in total. The highest BCUT2D eigenvalue weighted by atomic mass is 35.5. The van der Waals surface area contributed by atoms with Crippen molar-refractivity contribution in [3.63, 3.8) is 0 Å². The molecule has 0 bridgehead atoms. The van der Waals surface area contributed by atoms with E-state index in [0.717, 1.165) is 0 Å². The molecule has 1 saturated heterocycles. The van der Waals surface area contributed by atoms with Crippen LogP contribution in [0.4, 0.5) is 0 Å². The minimum absolute atomic E-state index is 0. The van der Waals surface area contributed by atoms with Gasteiger partial charge in [-0.2, -0.15) is 0 Å². The van der Waals surface area contributed by atoms with E-state index in [1.54, 1.807) is 0 Å². The fraction of sp³-hybridized carbons (Fsp3) is 0.350. The number of benzene rings is 2. The highest BCUT2D eigenvalue weighted by Gasteiger charge is 2.36. The van der Waals surface area contributed by atoms with Crippen molar-refractivity contribution < 1.29 is 9.53 Å². The van der Waals surface area contributed by atoms with E-state index in [-0.39, 0.29) is 24.2 Å². The van der Waals surface area contributed by atoms with E-state index < -0.39 is 0 Å². The quantitative estimate of drug-likeness (QED) is 0.889. The number of amides is 1. The zero-order chi connectivity index (χ0) is 16.9. The zero-order valence-electron chi connectivity index (χ0n) is 14.4. The van der Waals surface area contributed by atoms with Crippen molar-refractivity contribution in [3.8, 4) is 5.75 Å². The first-order valence-corrected chi connectivity index (χ1v) is 8.50. The number of hydrogen-bond acceptors (Lipinski definition) is 3. The Balaban J connectivity index is 0.00000225. The summed E-state index contributed by atoms with van der Waals surface area (Å²) < 4.78 is 5.61. The molecule has 2 aromatic rings. The number of carbonyl (C=O) groups is 1. The van der Waals surface area contributed by atoms with Crippen molar-refractivity contribution in [1.29, 1.82) is 0 Å². The highest BCUT2D eigenvalue weighted by molar-refractivity contribution is 5.97. The molecule has 0 aromatic heterocycles. The van der Waals surface area contributed by atoms with Crippen LogP contribution in [0.5, 0.6) is 5.75 Å². The summed E-state index contributed by atoms with van der Waals surface area (Å²) in [5.74, 6) is 1.25. The van der Waals surface area contributed by atoms with Gasteiger partial charge in [-0.25, -0.2) is 0 Å². The second-order valence-electron chi connectivity index (χ2n) is 6.15. The van der Waals surface area contributed by atoms with Crippen molar-refractivity contribution in [2.24, 2.45) is 11.7 Å². The maximum atomic E-state index is 13.0. The third-order valence-electron chi connectivity index (χ3n) is 4.68. The topological polar surface area (TPSA) is 55.6 Å². The number of nitrogens with zero attached hydrogens (tertiary/aromatic N) is 1. The Morgan fingerprint density at radius 3 is 2.48 bits per heavy atom. The maximum Gasteiger partial charge on any atom is 0.257 e. The summed E-state index contributed by atoms with van der Waals surface area (Å²) in [4.78, 5) is 14.9. The third kappa shape index (κ3) is 4.14. The molecule has 4 nitrogen and oxygen atoms in total. The van der Waals surface area contributed by atoms with Crippen molar-refractivity contribution >= 4 is 18.3 Å². The molecule has 1 aliphatic heterocycles. The summed E-state index contributed by atoms with van der Waals surface area (Å²) in [6.07, 6.45) is 0. The summed E-state index contributed by atoms with van der Waals surface area (Å²) in [5.41, 5.74) is 7.86. The van der Waals surface area contributed by atoms with Gasteiger partial charge >= 0.3 is 0 Å². The SMILES string of the molecule is CCOc1ccccc1C(=O)N1C[C@@H](CN)[C@H](c2ccccc2)C1.Cl. The molecule has 1 heterocycles. The Labute approximate surface area is 155 Å². The predicted molar refractivity (Wildman–Crippen MR) is 102 cm³/mol. The van der Waals surface area contributed by atoms with Gasteiger partial charge in [0.1, 0.15) is 5.75 Å². The van der Waals surface area contributed by atoms with Crippen molar-refractivity contribution in [3.05, 3.63) is 65.7 Å². The molecule has 2 aromatic carbocycles. The Hall–Kier alpha value is -2.04. The molecule has 2 atom stereocenters. The lowest BCUT2D eigenvalue weighted by Crippen LogP contribution is -2.30. The number of ether oxygens (including phenoxy) is 1. The monoisotopic (exact) mass is 360 g/mol. The first kappa shape index (κ1) is 19.3. The van der Waals surface area contributed by atoms with Gasteiger partial charge in [-0.05, 0) is 37.1 Å². The number of nitrogens with two attached hydrogens (primary N) is 1. The Bertz CT molecular complexity index is 693. The Kier molecular flexibility index (Phi) is 6.85. The molecule has 0 aliphatic carbocycles. The summed E-state index contributed by atoms with van der Waals surface area (Å²) in [7, 11) is 0. The van der Waals surface area contributed by atoms with E-state index >= 15 is 0 Å². The van der Waals surface area contributed by atoms with Crippen LogP contribution in [0.25, 0.3) is 0 Å². The number of rotatable bonds is 5. The molecule has 1 fully saturated rings. The van der Waals surface area contributed by atoms with Crippen molar-refractivity contribution in [2.75, 3.05) is 26.2 Å². The van der Waals surface area contributed by atoms with E-state index in [4.69, 9.17) is 10.5 Å². The van der Waals surface area contributed by atoms with Gasteiger partial charge in [-0.3, -0.25) is 4.79 Å².